The van der Waals surface area contributed by atoms with E-state index >= 15 is 0 Å². The van der Waals surface area contributed by atoms with Crippen LogP contribution in [-0.2, 0) is 6.54 Å². The monoisotopic (exact) mass is 194 g/mol. The van der Waals surface area contributed by atoms with E-state index in [0.717, 1.165) is 18.8 Å². The molecular formula is C11H18N2O. The predicted molar refractivity (Wildman–Crippen MR) is 56.1 cm³/mol. The van der Waals surface area contributed by atoms with Gasteiger partial charge in [0.25, 0.3) is 0 Å². The molecule has 0 aliphatic carbocycles. The molecule has 0 radical (unpaired) electrons. The summed E-state index contributed by atoms with van der Waals surface area (Å²) in [5.41, 5.74) is 0. The van der Waals surface area contributed by atoms with Gasteiger partial charge in [-0.1, -0.05) is 0 Å². The molecule has 14 heavy (non-hydrogen) atoms. The van der Waals surface area contributed by atoms with Gasteiger partial charge >= 0.3 is 0 Å². The second-order valence-corrected chi connectivity index (χ2v) is 3.90. The van der Waals surface area contributed by atoms with Crippen LogP contribution in [0.1, 0.15) is 18.6 Å². The van der Waals surface area contributed by atoms with Gasteiger partial charge in [-0.25, -0.2) is 0 Å². The van der Waals surface area contributed by atoms with Gasteiger partial charge in [-0.2, -0.15) is 0 Å². The summed E-state index contributed by atoms with van der Waals surface area (Å²) in [6.45, 7) is 3.24. The summed E-state index contributed by atoms with van der Waals surface area (Å²) >= 11 is 0. The zero-order chi connectivity index (χ0) is 9.80. The van der Waals surface area contributed by atoms with E-state index in [2.05, 4.69) is 16.3 Å². The summed E-state index contributed by atoms with van der Waals surface area (Å²) in [6, 6.07) is 4.69. The lowest BCUT2D eigenvalue weighted by Gasteiger charge is -2.22. The van der Waals surface area contributed by atoms with Crippen molar-refractivity contribution in [3.05, 3.63) is 24.2 Å². The Kier molecular flexibility index (Phi) is 3.22. The number of hydrogen-bond acceptors (Lipinski definition) is 3. The van der Waals surface area contributed by atoms with Crippen LogP contribution in [0.3, 0.4) is 0 Å². The van der Waals surface area contributed by atoms with Crippen LogP contribution < -0.4 is 5.32 Å². The van der Waals surface area contributed by atoms with Crippen molar-refractivity contribution in [2.45, 2.75) is 25.4 Å². The Labute approximate surface area is 85.1 Å². The lowest BCUT2D eigenvalue weighted by atomic mass is 10.2. The number of hydrogen-bond donors (Lipinski definition) is 1. The maximum atomic E-state index is 5.36. The Morgan fingerprint density at radius 3 is 3.29 bits per heavy atom. The van der Waals surface area contributed by atoms with Crippen molar-refractivity contribution in [3.63, 3.8) is 0 Å². The van der Waals surface area contributed by atoms with E-state index in [4.69, 9.17) is 4.42 Å². The highest BCUT2D eigenvalue weighted by molar-refractivity contribution is 4.99. The number of rotatable bonds is 4. The van der Waals surface area contributed by atoms with Gasteiger partial charge in [0.1, 0.15) is 5.76 Å². The average molecular weight is 194 g/mol. The van der Waals surface area contributed by atoms with Crippen LogP contribution in [0.15, 0.2) is 22.8 Å². The van der Waals surface area contributed by atoms with Crippen molar-refractivity contribution in [2.75, 3.05) is 20.1 Å². The molecule has 1 aliphatic heterocycles. The lowest BCUT2D eigenvalue weighted by Crippen LogP contribution is -2.36. The fourth-order valence-electron chi connectivity index (χ4n) is 2.17. The van der Waals surface area contributed by atoms with Crippen LogP contribution in [0.5, 0.6) is 0 Å². The third-order valence-electron chi connectivity index (χ3n) is 2.88. The molecule has 2 heterocycles. The van der Waals surface area contributed by atoms with Crippen molar-refractivity contribution in [1.82, 2.24) is 10.2 Å². The maximum Gasteiger partial charge on any atom is 0.117 e. The zero-order valence-corrected chi connectivity index (χ0v) is 8.70. The SMILES string of the molecule is CNCC1CCCN1Cc1ccco1. The standard InChI is InChI=1S/C11H18N2O/c1-12-8-10-4-2-6-13(10)9-11-5-3-7-14-11/h3,5,7,10,12H,2,4,6,8-9H2,1H3. The molecule has 1 saturated heterocycles. The normalized spacial score (nSPS) is 23.1. The van der Waals surface area contributed by atoms with E-state index in [1.54, 1.807) is 6.26 Å². The average Bonchev–Trinajstić information content (AvgIpc) is 2.80. The van der Waals surface area contributed by atoms with Gasteiger partial charge in [0.15, 0.2) is 0 Å². The Morgan fingerprint density at radius 2 is 2.57 bits per heavy atom. The summed E-state index contributed by atoms with van der Waals surface area (Å²) < 4.78 is 5.36. The fourth-order valence-corrected chi connectivity index (χ4v) is 2.17. The summed E-state index contributed by atoms with van der Waals surface area (Å²) in [7, 11) is 2.02. The maximum absolute atomic E-state index is 5.36. The molecule has 0 amide bonds. The first-order chi connectivity index (χ1) is 6.90. The van der Waals surface area contributed by atoms with Gasteiger partial charge in [-0.3, -0.25) is 4.90 Å². The molecule has 1 fully saturated rings. The Morgan fingerprint density at radius 1 is 1.64 bits per heavy atom. The van der Waals surface area contributed by atoms with Gasteiger partial charge in [0.05, 0.1) is 12.8 Å². The molecule has 78 valence electrons. The molecule has 3 nitrogen and oxygen atoms in total. The molecule has 3 heteroatoms. The molecule has 0 aromatic carbocycles. The lowest BCUT2D eigenvalue weighted by molar-refractivity contribution is 0.223. The van der Waals surface area contributed by atoms with E-state index in [1.807, 2.05) is 13.1 Å². The molecule has 2 rings (SSSR count). The second kappa shape index (κ2) is 4.62. The molecule has 0 spiro atoms. The first-order valence-electron chi connectivity index (χ1n) is 5.31. The summed E-state index contributed by atoms with van der Waals surface area (Å²) in [6.07, 6.45) is 4.37. The highest BCUT2D eigenvalue weighted by Gasteiger charge is 2.24. The van der Waals surface area contributed by atoms with Gasteiger partial charge in [0, 0.05) is 12.6 Å². The molecule has 1 N–H and O–H groups in total. The molecule has 0 saturated carbocycles. The summed E-state index contributed by atoms with van der Waals surface area (Å²) in [5, 5.41) is 3.25. The fraction of sp³-hybridized carbons (Fsp3) is 0.636. The van der Waals surface area contributed by atoms with Crippen LogP contribution in [0.4, 0.5) is 0 Å². The first kappa shape index (κ1) is 9.74. The third-order valence-corrected chi connectivity index (χ3v) is 2.88. The largest absolute Gasteiger partial charge is 0.468 e. The van der Waals surface area contributed by atoms with Crippen molar-refractivity contribution >= 4 is 0 Å². The Bertz CT molecular complexity index is 258. The van der Waals surface area contributed by atoms with Crippen molar-refractivity contribution in [1.29, 1.82) is 0 Å². The summed E-state index contributed by atoms with van der Waals surface area (Å²) in [4.78, 5) is 2.50. The molecule has 1 atom stereocenters. The number of nitrogens with zero attached hydrogens (tertiary/aromatic N) is 1. The van der Waals surface area contributed by atoms with Crippen LogP contribution in [0, 0.1) is 0 Å². The quantitative estimate of drug-likeness (QED) is 0.786. The highest BCUT2D eigenvalue weighted by atomic mass is 16.3. The van der Waals surface area contributed by atoms with E-state index in [1.165, 1.54) is 19.4 Å². The minimum Gasteiger partial charge on any atom is -0.468 e. The van der Waals surface area contributed by atoms with E-state index in [0.29, 0.717) is 6.04 Å². The van der Waals surface area contributed by atoms with Crippen molar-refractivity contribution in [3.8, 4) is 0 Å². The third kappa shape index (κ3) is 2.16. The minimum atomic E-state index is 0.685. The van der Waals surface area contributed by atoms with Crippen LogP contribution in [0.2, 0.25) is 0 Å². The van der Waals surface area contributed by atoms with E-state index < -0.39 is 0 Å². The molecule has 1 aromatic heterocycles. The molecule has 1 aromatic rings. The van der Waals surface area contributed by atoms with Gasteiger partial charge < -0.3 is 9.73 Å². The van der Waals surface area contributed by atoms with Crippen LogP contribution in [-0.4, -0.2) is 31.1 Å². The molecule has 0 bridgehead atoms. The number of furan rings is 1. The number of likely N-dealkylation sites (tertiary alicyclic amines) is 1. The Balaban J connectivity index is 1.90. The van der Waals surface area contributed by atoms with Gasteiger partial charge in [-0.15, -0.1) is 0 Å². The number of likely N-dealkylation sites (N-methyl/N-ethyl adjacent to an activating group) is 1. The predicted octanol–water partition coefficient (Wildman–Crippen LogP) is 1.46. The topological polar surface area (TPSA) is 28.4 Å². The number of nitrogens with one attached hydrogen (secondary N) is 1. The zero-order valence-electron chi connectivity index (χ0n) is 8.70. The van der Waals surface area contributed by atoms with Crippen molar-refractivity contribution < 1.29 is 4.42 Å². The van der Waals surface area contributed by atoms with Crippen molar-refractivity contribution in [2.24, 2.45) is 0 Å². The van der Waals surface area contributed by atoms with Gasteiger partial charge in [-0.05, 0) is 38.6 Å². The highest BCUT2D eigenvalue weighted by Crippen LogP contribution is 2.19. The van der Waals surface area contributed by atoms with Crippen LogP contribution in [0.25, 0.3) is 0 Å². The van der Waals surface area contributed by atoms with Crippen LogP contribution >= 0.6 is 0 Å². The smallest absolute Gasteiger partial charge is 0.117 e. The first-order valence-corrected chi connectivity index (χ1v) is 5.31. The second-order valence-electron chi connectivity index (χ2n) is 3.90. The van der Waals surface area contributed by atoms with Gasteiger partial charge in [0.2, 0.25) is 0 Å². The Hall–Kier alpha value is -0.800. The molecule has 1 aliphatic rings. The van der Waals surface area contributed by atoms with E-state index in [9.17, 15) is 0 Å². The molecular weight excluding hydrogens is 176 g/mol. The van der Waals surface area contributed by atoms with E-state index in [-0.39, 0.29) is 0 Å². The molecule has 1 unspecified atom stereocenters. The summed E-state index contributed by atoms with van der Waals surface area (Å²) in [5.74, 6) is 1.08. The minimum absolute atomic E-state index is 0.685.